The average molecular weight is 320 g/mol. The van der Waals surface area contributed by atoms with Crippen molar-refractivity contribution in [1.82, 2.24) is 9.88 Å². The minimum atomic E-state index is -0.293. The summed E-state index contributed by atoms with van der Waals surface area (Å²) in [5.74, 6) is 0.743. The third kappa shape index (κ3) is 3.23. The first-order valence-corrected chi connectivity index (χ1v) is 8.46. The smallest absolute Gasteiger partial charge is 0.273 e. The maximum absolute atomic E-state index is 12.5. The lowest BCUT2D eigenvalue weighted by molar-refractivity contribution is 0.0449. The molecule has 0 bridgehead atoms. The van der Waals surface area contributed by atoms with Gasteiger partial charge in [-0.1, -0.05) is 12.8 Å². The highest BCUT2D eigenvalue weighted by atomic mass is 32.1. The molecule has 6 heteroatoms. The number of nitrogens with zero attached hydrogens (tertiary/aromatic N) is 2. The summed E-state index contributed by atoms with van der Waals surface area (Å²) in [4.78, 5) is 18.5. The molecule has 2 atom stereocenters. The van der Waals surface area contributed by atoms with Crippen LogP contribution < -0.4 is 0 Å². The number of aliphatic hydroxyl groups is 1. The van der Waals surface area contributed by atoms with E-state index in [1.165, 1.54) is 11.3 Å². The molecule has 2 aromatic heterocycles. The lowest BCUT2D eigenvalue weighted by Crippen LogP contribution is -2.38. The van der Waals surface area contributed by atoms with Crippen LogP contribution in [0.25, 0.3) is 10.8 Å². The fraction of sp³-hybridized carbons (Fsp3) is 0.500. The summed E-state index contributed by atoms with van der Waals surface area (Å²) in [7, 11) is 1.77. The predicted molar refractivity (Wildman–Crippen MR) is 84.7 cm³/mol. The van der Waals surface area contributed by atoms with E-state index < -0.39 is 0 Å². The lowest BCUT2D eigenvalue weighted by Gasteiger charge is -2.30. The van der Waals surface area contributed by atoms with Crippen LogP contribution in [0, 0.1) is 5.92 Å². The Morgan fingerprint density at radius 1 is 1.50 bits per heavy atom. The molecule has 0 saturated heterocycles. The predicted octanol–water partition coefficient (Wildman–Crippen LogP) is 3.03. The molecule has 2 heterocycles. The van der Waals surface area contributed by atoms with Crippen LogP contribution in [0.5, 0.6) is 0 Å². The summed E-state index contributed by atoms with van der Waals surface area (Å²) in [6.45, 7) is 0.577. The van der Waals surface area contributed by atoms with Gasteiger partial charge in [0.05, 0.1) is 12.4 Å². The van der Waals surface area contributed by atoms with E-state index in [2.05, 4.69) is 4.98 Å². The monoisotopic (exact) mass is 320 g/mol. The van der Waals surface area contributed by atoms with E-state index in [1.807, 2.05) is 6.07 Å². The van der Waals surface area contributed by atoms with Gasteiger partial charge in [0.15, 0.2) is 10.8 Å². The van der Waals surface area contributed by atoms with Crippen molar-refractivity contribution in [2.75, 3.05) is 13.6 Å². The molecule has 3 rings (SSSR count). The number of hydrogen-bond acceptors (Lipinski definition) is 5. The number of thiazole rings is 1. The summed E-state index contributed by atoms with van der Waals surface area (Å²) >= 11 is 1.40. The SMILES string of the molecule is CN(CC1CCCCC1O)C(=O)c1csc(-c2ccco2)n1. The van der Waals surface area contributed by atoms with Crippen LogP contribution >= 0.6 is 11.3 Å². The fourth-order valence-corrected chi connectivity index (χ4v) is 3.68. The molecule has 0 aromatic carbocycles. The van der Waals surface area contributed by atoms with Crippen LogP contribution in [0.1, 0.15) is 36.2 Å². The Labute approximate surface area is 133 Å². The topological polar surface area (TPSA) is 66.6 Å². The largest absolute Gasteiger partial charge is 0.462 e. The second kappa shape index (κ2) is 6.62. The Kier molecular flexibility index (Phi) is 4.59. The molecule has 1 aliphatic rings. The van der Waals surface area contributed by atoms with Gasteiger partial charge in [0, 0.05) is 24.9 Å². The molecule has 118 valence electrons. The van der Waals surface area contributed by atoms with Gasteiger partial charge in [-0.3, -0.25) is 4.79 Å². The van der Waals surface area contributed by atoms with E-state index in [1.54, 1.807) is 29.7 Å². The molecule has 2 aromatic rings. The van der Waals surface area contributed by atoms with Crippen molar-refractivity contribution in [3.8, 4) is 10.8 Å². The summed E-state index contributed by atoms with van der Waals surface area (Å²) in [6.07, 6.45) is 5.32. The van der Waals surface area contributed by atoms with Gasteiger partial charge in [-0.05, 0) is 25.0 Å². The van der Waals surface area contributed by atoms with E-state index in [4.69, 9.17) is 4.42 Å². The zero-order valence-corrected chi connectivity index (χ0v) is 13.4. The molecule has 5 nitrogen and oxygen atoms in total. The first kappa shape index (κ1) is 15.2. The van der Waals surface area contributed by atoms with Crippen molar-refractivity contribution in [3.63, 3.8) is 0 Å². The Bertz CT molecular complexity index is 623. The number of aliphatic hydroxyl groups excluding tert-OH is 1. The molecule has 1 amide bonds. The summed E-state index contributed by atoms with van der Waals surface area (Å²) < 4.78 is 5.30. The Balaban J connectivity index is 1.65. The Morgan fingerprint density at radius 3 is 3.05 bits per heavy atom. The van der Waals surface area contributed by atoms with E-state index in [-0.39, 0.29) is 17.9 Å². The molecule has 1 fully saturated rings. The second-order valence-corrected chi connectivity index (χ2v) is 6.67. The van der Waals surface area contributed by atoms with E-state index >= 15 is 0 Å². The van der Waals surface area contributed by atoms with Crippen LogP contribution in [-0.4, -0.2) is 40.6 Å². The summed E-state index contributed by atoms with van der Waals surface area (Å²) in [6, 6.07) is 3.63. The van der Waals surface area contributed by atoms with Crippen molar-refractivity contribution in [3.05, 3.63) is 29.5 Å². The number of hydrogen-bond donors (Lipinski definition) is 1. The van der Waals surface area contributed by atoms with Crippen LogP contribution in [0.2, 0.25) is 0 Å². The first-order chi connectivity index (χ1) is 10.6. The van der Waals surface area contributed by atoms with Gasteiger partial charge in [-0.25, -0.2) is 4.98 Å². The number of amides is 1. The normalized spacial score (nSPS) is 21.7. The molecule has 1 aliphatic carbocycles. The molecule has 0 radical (unpaired) electrons. The molecule has 2 unspecified atom stereocenters. The van der Waals surface area contributed by atoms with E-state index in [0.29, 0.717) is 23.0 Å². The van der Waals surface area contributed by atoms with Gasteiger partial charge in [-0.15, -0.1) is 11.3 Å². The summed E-state index contributed by atoms with van der Waals surface area (Å²) in [5.41, 5.74) is 0.434. The van der Waals surface area contributed by atoms with Crippen molar-refractivity contribution in [2.24, 2.45) is 5.92 Å². The van der Waals surface area contributed by atoms with Gasteiger partial charge >= 0.3 is 0 Å². The number of aromatic nitrogens is 1. The molecule has 0 spiro atoms. The highest BCUT2D eigenvalue weighted by Crippen LogP contribution is 2.27. The van der Waals surface area contributed by atoms with Gasteiger partial charge in [0.2, 0.25) is 0 Å². The van der Waals surface area contributed by atoms with Crippen molar-refractivity contribution in [1.29, 1.82) is 0 Å². The van der Waals surface area contributed by atoms with Crippen molar-refractivity contribution in [2.45, 2.75) is 31.8 Å². The van der Waals surface area contributed by atoms with E-state index in [9.17, 15) is 9.90 Å². The lowest BCUT2D eigenvalue weighted by atomic mass is 9.86. The molecule has 1 saturated carbocycles. The quantitative estimate of drug-likeness (QED) is 0.940. The second-order valence-electron chi connectivity index (χ2n) is 5.81. The highest BCUT2D eigenvalue weighted by molar-refractivity contribution is 7.13. The maximum atomic E-state index is 12.5. The molecule has 0 aliphatic heterocycles. The van der Waals surface area contributed by atoms with Gasteiger partial charge in [0.25, 0.3) is 5.91 Å². The van der Waals surface area contributed by atoms with Crippen LogP contribution in [-0.2, 0) is 0 Å². The van der Waals surface area contributed by atoms with Crippen LogP contribution in [0.3, 0.4) is 0 Å². The minimum absolute atomic E-state index is 0.105. The molecule has 1 N–H and O–H groups in total. The first-order valence-electron chi connectivity index (χ1n) is 7.58. The van der Waals surface area contributed by atoms with Crippen molar-refractivity contribution >= 4 is 17.2 Å². The third-order valence-electron chi connectivity index (χ3n) is 4.18. The maximum Gasteiger partial charge on any atom is 0.273 e. The van der Waals surface area contributed by atoms with Gasteiger partial charge in [-0.2, -0.15) is 0 Å². The minimum Gasteiger partial charge on any atom is -0.462 e. The Hall–Kier alpha value is -1.66. The molecular weight excluding hydrogens is 300 g/mol. The zero-order chi connectivity index (χ0) is 15.5. The fourth-order valence-electron chi connectivity index (χ4n) is 2.92. The number of furan rings is 1. The standard InChI is InChI=1S/C16H20N2O3S/c1-18(9-11-5-2-3-6-13(11)19)16(20)12-10-22-15(17-12)14-7-4-8-21-14/h4,7-8,10-11,13,19H,2-3,5-6,9H2,1H3. The van der Waals surface area contributed by atoms with E-state index in [0.717, 1.165) is 25.7 Å². The average Bonchev–Trinajstić information content (AvgIpc) is 3.19. The zero-order valence-electron chi connectivity index (χ0n) is 12.6. The third-order valence-corrected chi connectivity index (χ3v) is 5.04. The van der Waals surface area contributed by atoms with Gasteiger partial charge < -0.3 is 14.4 Å². The summed E-state index contributed by atoms with van der Waals surface area (Å²) in [5, 5.41) is 12.5. The Morgan fingerprint density at radius 2 is 2.32 bits per heavy atom. The number of carbonyl (C=O) groups is 1. The number of rotatable bonds is 4. The number of carbonyl (C=O) groups excluding carboxylic acids is 1. The van der Waals surface area contributed by atoms with Crippen LogP contribution in [0.15, 0.2) is 28.2 Å². The van der Waals surface area contributed by atoms with Gasteiger partial charge in [0.1, 0.15) is 5.69 Å². The highest BCUT2D eigenvalue weighted by Gasteiger charge is 2.26. The van der Waals surface area contributed by atoms with Crippen molar-refractivity contribution < 1.29 is 14.3 Å². The molecular formula is C16H20N2O3S. The molecule has 22 heavy (non-hydrogen) atoms. The van der Waals surface area contributed by atoms with Crippen LogP contribution in [0.4, 0.5) is 0 Å².